The van der Waals surface area contributed by atoms with Gasteiger partial charge in [-0.1, -0.05) is 31.0 Å². The number of aromatic nitrogens is 2. The van der Waals surface area contributed by atoms with E-state index in [0.29, 0.717) is 10.9 Å². The van der Waals surface area contributed by atoms with Crippen molar-refractivity contribution in [1.29, 1.82) is 5.26 Å². The summed E-state index contributed by atoms with van der Waals surface area (Å²) in [6.45, 7) is 0. The number of hydrogen-bond donors (Lipinski definition) is 0. The van der Waals surface area contributed by atoms with Crippen LogP contribution in [-0.4, -0.2) is 15.2 Å². The highest BCUT2D eigenvalue weighted by Gasteiger charge is 2.15. The Hall–Kier alpha value is -1.08. The first-order valence-corrected chi connectivity index (χ1v) is 6.16. The van der Waals surface area contributed by atoms with Gasteiger partial charge in [0, 0.05) is 11.4 Å². The number of nitrogens with zero attached hydrogens (tertiary/aromatic N) is 3. The molecule has 0 radical (unpaired) electrons. The highest BCUT2D eigenvalue weighted by Crippen LogP contribution is 2.31. The van der Waals surface area contributed by atoms with Crippen molar-refractivity contribution in [2.75, 3.05) is 0 Å². The Balaban J connectivity index is 2.00. The van der Waals surface area contributed by atoms with Gasteiger partial charge < -0.3 is 0 Å². The SMILES string of the molecule is N#Cc1ccnc(SC2CCCCC2)n1. The zero-order valence-electron chi connectivity index (χ0n) is 8.52. The van der Waals surface area contributed by atoms with Crippen LogP contribution in [0.25, 0.3) is 0 Å². The quantitative estimate of drug-likeness (QED) is 0.718. The lowest BCUT2D eigenvalue weighted by molar-refractivity contribution is 0.515. The standard InChI is InChI=1S/C11H13N3S/c12-8-9-6-7-13-11(14-9)15-10-4-2-1-3-5-10/h6-7,10H,1-5H2. The summed E-state index contributed by atoms with van der Waals surface area (Å²) >= 11 is 1.72. The molecule has 1 aromatic heterocycles. The van der Waals surface area contributed by atoms with E-state index >= 15 is 0 Å². The van der Waals surface area contributed by atoms with Crippen LogP contribution in [0.3, 0.4) is 0 Å². The van der Waals surface area contributed by atoms with Crippen molar-refractivity contribution in [2.24, 2.45) is 0 Å². The average Bonchev–Trinajstić information content (AvgIpc) is 2.31. The molecule has 15 heavy (non-hydrogen) atoms. The second-order valence-electron chi connectivity index (χ2n) is 3.71. The Morgan fingerprint density at radius 2 is 2.13 bits per heavy atom. The van der Waals surface area contributed by atoms with Crippen molar-refractivity contribution < 1.29 is 0 Å². The fourth-order valence-corrected chi connectivity index (χ4v) is 2.93. The van der Waals surface area contributed by atoms with Crippen molar-refractivity contribution >= 4 is 11.8 Å². The zero-order chi connectivity index (χ0) is 10.5. The maximum absolute atomic E-state index is 8.72. The molecule has 0 spiro atoms. The molecule has 1 fully saturated rings. The molecule has 0 saturated heterocycles. The molecule has 78 valence electrons. The highest BCUT2D eigenvalue weighted by atomic mass is 32.2. The monoisotopic (exact) mass is 219 g/mol. The maximum atomic E-state index is 8.72. The fraction of sp³-hybridized carbons (Fsp3) is 0.545. The minimum absolute atomic E-state index is 0.461. The van der Waals surface area contributed by atoms with Crippen molar-refractivity contribution in [1.82, 2.24) is 9.97 Å². The second-order valence-corrected chi connectivity index (χ2v) is 4.98. The zero-order valence-corrected chi connectivity index (χ0v) is 9.33. The largest absolute Gasteiger partial charge is 0.231 e. The molecule has 0 aliphatic heterocycles. The van der Waals surface area contributed by atoms with Gasteiger partial charge in [0.25, 0.3) is 0 Å². The van der Waals surface area contributed by atoms with Crippen LogP contribution < -0.4 is 0 Å². The number of thioether (sulfide) groups is 1. The lowest BCUT2D eigenvalue weighted by Gasteiger charge is -2.19. The minimum atomic E-state index is 0.461. The molecule has 1 aliphatic rings. The first-order chi connectivity index (χ1) is 7.38. The summed E-state index contributed by atoms with van der Waals surface area (Å²) in [5.74, 6) is 0. The Kier molecular flexibility index (Phi) is 3.57. The Labute approximate surface area is 93.9 Å². The molecule has 1 heterocycles. The Morgan fingerprint density at radius 1 is 1.33 bits per heavy atom. The first kappa shape index (κ1) is 10.4. The first-order valence-electron chi connectivity index (χ1n) is 5.28. The lowest BCUT2D eigenvalue weighted by Crippen LogP contribution is -2.08. The summed E-state index contributed by atoms with van der Waals surface area (Å²) in [6, 6.07) is 3.68. The molecule has 0 aromatic carbocycles. The van der Waals surface area contributed by atoms with E-state index in [1.54, 1.807) is 24.0 Å². The van der Waals surface area contributed by atoms with Gasteiger partial charge in [-0.05, 0) is 18.9 Å². The van der Waals surface area contributed by atoms with Crippen LogP contribution in [0.2, 0.25) is 0 Å². The molecular formula is C11H13N3S. The molecule has 0 atom stereocenters. The summed E-state index contributed by atoms with van der Waals surface area (Å²) in [4.78, 5) is 8.36. The molecule has 0 N–H and O–H groups in total. The maximum Gasteiger partial charge on any atom is 0.189 e. The van der Waals surface area contributed by atoms with Crippen LogP contribution in [0.15, 0.2) is 17.4 Å². The molecule has 0 unspecified atom stereocenters. The van der Waals surface area contributed by atoms with Gasteiger partial charge in [0.15, 0.2) is 5.16 Å². The van der Waals surface area contributed by atoms with E-state index in [2.05, 4.69) is 9.97 Å². The van der Waals surface area contributed by atoms with E-state index < -0.39 is 0 Å². The van der Waals surface area contributed by atoms with Crippen LogP contribution in [0.4, 0.5) is 0 Å². The molecule has 1 saturated carbocycles. The lowest BCUT2D eigenvalue weighted by atomic mass is 10.0. The third-order valence-corrected chi connectivity index (χ3v) is 3.78. The van der Waals surface area contributed by atoms with Crippen LogP contribution in [0.1, 0.15) is 37.8 Å². The van der Waals surface area contributed by atoms with E-state index in [-0.39, 0.29) is 0 Å². The Bertz CT molecular complexity index is 366. The van der Waals surface area contributed by atoms with Gasteiger partial charge in [0.05, 0.1) is 0 Å². The summed E-state index contributed by atoms with van der Waals surface area (Å²) in [6.07, 6.45) is 8.16. The summed E-state index contributed by atoms with van der Waals surface area (Å²) in [5.41, 5.74) is 0.461. The highest BCUT2D eigenvalue weighted by molar-refractivity contribution is 7.99. The van der Waals surface area contributed by atoms with Crippen LogP contribution in [-0.2, 0) is 0 Å². The average molecular weight is 219 g/mol. The van der Waals surface area contributed by atoms with Crippen molar-refractivity contribution in [3.63, 3.8) is 0 Å². The summed E-state index contributed by atoms with van der Waals surface area (Å²) in [5, 5.41) is 10.1. The second kappa shape index (κ2) is 5.13. The van der Waals surface area contributed by atoms with E-state index in [9.17, 15) is 0 Å². The van der Waals surface area contributed by atoms with Gasteiger partial charge in [-0.3, -0.25) is 0 Å². The number of hydrogen-bond acceptors (Lipinski definition) is 4. The molecule has 3 nitrogen and oxygen atoms in total. The smallest absolute Gasteiger partial charge is 0.189 e. The van der Waals surface area contributed by atoms with Crippen molar-refractivity contribution in [3.8, 4) is 6.07 Å². The molecule has 4 heteroatoms. The van der Waals surface area contributed by atoms with Gasteiger partial charge >= 0.3 is 0 Å². The normalized spacial score (nSPS) is 17.3. The van der Waals surface area contributed by atoms with Crippen molar-refractivity contribution in [3.05, 3.63) is 18.0 Å². The van der Waals surface area contributed by atoms with Crippen LogP contribution in [0.5, 0.6) is 0 Å². The third-order valence-electron chi connectivity index (χ3n) is 2.57. The predicted molar refractivity (Wildman–Crippen MR) is 59.5 cm³/mol. The van der Waals surface area contributed by atoms with Gasteiger partial charge in [0.2, 0.25) is 0 Å². The predicted octanol–water partition coefficient (Wildman–Crippen LogP) is 2.77. The molecule has 1 aromatic rings. The van der Waals surface area contributed by atoms with Gasteiger partial charge in [0.1, 0.15) is 11.8 Å². The topological polar surface area (TPSA) is 49.6 Å². The van der Waals surface area contributed by atoms with E-state index in [1.807, 2.05) is 6.07 Å². The summed E-state index contributed by atoms with van der Waals surface area (Å²) < 4.78 is 0. The number of rotatable bonds is 2. The molecule has 0 amide bonds. The van der Waals surface area contributed by atoms with E-state index in [0.717, 1.165) is 5.16 Å². The fourth-order valence-electron chi connectivity index (χ4n) is 1.79. The molecular weight excluding hydrogens is 206 g/mol. The Morgan fingerprint density at radius 3 is 2.87 bits per heavy atom. The van der Waals surface area contributed by atoms with E-state index in [4.69, 9.17) is 5.26 Å². The van der Waals surface area contributed by atoms with Crippen molar-refractivity contribution in [2.45, 2.75) is 42.5 Å². The molecule has 1 aliphatic carbocycles. The van der Waals surface area contributed by atoms with Crippen LogP contribution >= 0.6 is 11.8 Å². The molecule has 0 bridgehead atoms. The molecule has 2 rings (SSSR count). The third kappa shape index (κ3) is 2.93. The minimum Gasteiger partial charge on any atom is -0.231 e. The van der Waals surface area contributed by atoms with Gasteiger partial charge in [-0.25, -0.2) is 9.97 Å². The van der Waals surface area contributed by atoms with Crippen LogP contribution in [0, 0.1) is 11.3 Å². The van der Waals surface area contributed by atoms with Gasteiger partial charge in [-0.15, -0.1) is 0 Å². The summed E-state index contributed by atoms with van der Waals surface area (Å²) in [7, 11) is 0. The van der Waals surface area contributed by atoms with Gasteiger partial charge in [-0.2, -0.15) is 5.26 Å². The number of nitriles is 1. The van der Waals surface area contributed by atoms with E-state index in [1.165, 1.54) is 32.1 Å².